The van der Waals surface area contributed by atoms with Gasteiger partial charge in [0, 0.05) is 17.3 Å². The van der Waals surface area contributed by atoms with Crippen molar-refractivity contribution in [3.63, 3.8) is 0 Å². The number of hydrazone groups is 1. The van der Waals surface area contributed by atoms with Crippen molar-refractivity contribution in [2.24, 2.45) is 5.10 Å². The minimum Gasteiger partial charge on any atom is -0.455 e. The number of nitrogens with one attached hydrogen (secondary N) is 2. The highest BCUT2D eigenvalue weighted by molar-refractivity contribution is 6.32. The van der Waals surface area contributed by atoms with Crippen LogP contribution in [-0.4, -0.2) is 31.4 Å². The molecule has 0 atom stereocenters. The number of nitro groups is 1. The van der Waals surface area contributed by atoms with E-state index in [2.05, 4.69) is 40.8 Å². The van der Waals surface area contributed by atoms with Gasteiger partial charge in [0.1, 0.15) is 16.5 Å². The Morgan fingerprint density at radius 3 is 2.53 bits per heavy atom. The van der Waals surface area contributed by atoms with Gasteiger partial charge in [-0.05, 0) is 52.8 Å². The fourth-order valence-corrected chi connectivity index (χ4v) is 3.44. The third-order valence-electron chi connectivity index (χ3n) is 4.98. The molecule has 5 rings (SSSR count). The van der Waals surface area contributed by atoms with Crippen molar-refractivity contribution in [2.75, 3.05) is 10.7 Å². The normalized spacial score (nSPS) is 11.8. The van der Waals surface area contributed by atoms with Crippen molar-refractivity contribution < 1.29 is 27.1 Å². The largest absolute Gasteiger partial charge is 0.455 e. The Kier molecular flexibility index (Phi) is 6.34. The molecule has 0 unspecified atom stereocenters. The van der Waals surface area contributed by atoms with Crippen LogP contribution in [0.3, 0.4) is 0 Å². The van der Waals surface area contributed by atoms with Gasteiger partial charge in [-0.15, -0.1) is 0 Å². The van der Waals surface area contributed by atoms with Crippen molar-refractivity contribution >= 4 is 52.1 Å². The average Bonchev–Trinajstić information content (AvgIpc) is 3.53. The lowest BCUT2D eigenvalue weighted by Gasteiger charge is -2.11. The molecule has 2 aromatic carbocycles. The summed E-state index contributed by atoms with van der Waals surface area (Å²) in [6.07, 6.45) is -3.25. The van der Waals surface area contributed by atoms with E-state index in [9.17, 15) is 23.3 Å². The summed E-state index contributed by atoms with van der Waals surface area (Å²) in [6, 6.07) is 11.9. The van der Waals surface area contributed by atoms with Crippen LogP contribution in [0.2, 0.25) is 5.02 Å². The van der Waals surface area contributed by atoms with Gasteiger partial charge in [0.05, 0.1) is 16.7 Å². The molecule has 2 N–H and O–H groups in total. The molecule has 0 saturated heterocycles. The number of furan rings is 1. The molecule has 0 aliphatic heterocycles. The van der Waals surface area contributed by atoms with Crippen LogP contribution in [0.4, 0.5) is 36.2 Å². The summed E-state index contributed by atoms with van der Waals surface area (Å²) in [5.41, 5.74) is 2.06. The van der Waals surface area contributed by atoms with Crippen LogP contribution in [-0.2, 0) is 6.18 Å². The lowest BCUT2D eigenvalue weighted by molar-refractivity contribution is -0.384. The maximum absolute atomic E-state index is 13.1. The molecule has 38 heavy (non-hydrogen) atoms. The SMILES string of the molecule is O=[N+]([O-])c1cc(-c2ccc(/C=N\Nc3nc4nonc4nc3Nc3cccc(C(F)(F)F)c3)o2)ccc1Cl. The molecule has 0 aliphatic rings. The first-order chi connectivity index (χ1) is 18.2. The number of hydrogen-bond acceptors (Lipinski definition) is 11. The average molecular weight is 545 g/mol. The van der Waals surface area contributed by atoms with Gasteiger partial charge in [0.2, 0.25) is 11.3 Å². The lowest BCUT2D eigenvalue weighted by atomic mass is 10.1. The zero-order valence-corrected chi connectivity index (χ0v) is 19.4. The number of rotatable bonds is 7. The minimum atomic E-state index is -4.53. The van der Waals surface area contributed by atoms with Gasteiger partial charge < -0.3 is 9.73 Å². The van der Waals surface area contributed by atoms with Crippen molar-refractivity contribution in [1.29, 1.82) is 0 Å². The Bertz CT molecular complexity index is 1680. The van der Waals surface area contributed by atoms with E-state index < -0.39 is 16.7 Å². The fourth-order valence-electron chi connectivity index (χ4n) is 3.25. The molecule has 16 heteroatoms. The molecule has 3 heterocycles. The first-order valence-corrected chi connectivity index (χ1v) is 10.8. The summed E-state index contributed by atoms with van der Waals surface area (Å²) in [4.78, 5) is 18.9. The topological polar surface area (TPSA) is 157 Å². The third-order valence-corrected chi connectivity index (χ3v) is 5.30. The Labute approximate surface area is 214 Å². The van der Waals surface area contributed by atoms with Gasteiger partial charge in [0.25, 0.3) is 5.69 Å². The standard InChI is InChI=1S/C22H12ClF3N8O4/c23-15-6-4-11(8-16(15)34(35)36)17-7-5-14(37-17)10-27-31-19-18(29-20-21(30-19)33-38-32-20)28-13-3-1-2-12(9-13)22(24,25)26/h1-10H,(H,28,29,32)(H,30,31,33)/b27-10-. The third kappa shape index (κ3) is 5.22. The second kappa shape index (κ2) is 9.78. The van der Waals surface area contributed by atoms with Gasteiger partial charge >= 0.3 is 6.18 Å². The highest BCUT2D eigenvalue weighted by Crippen LogP contribution is 2.33. The van der Waals surface area contributed by atoms with E-state index in [0.29, 0.717) is 11.3 Å². The Hall–Kier alpha value is -5.05. The van der Waals surface area contributed by atoms with E-state index in [1.54, 1.807) is 18.2 Å². The monoisotopic (exact) mass is 544 g/mol. The molecule has 0 spiro atoms. The second-order valence-corrected chi connectivity index (χ2v) is 7.94. The Morgan fingerprint density at radius 1 is 1.03 bits per heavy atom. The van der Waals surface area contributed by atoms with Gasteiger partial charge in [-0.3, -0.25) is 15.5 Å². The van der Waals surface area contributed by atoms with Crippen molar-refractivity contribution in [1.82, 2.24) is 20.3 Å². The van der Waals surface area contributed by atoms with Crippen molar-refractivity contribution in [2.45, 2.75) is 6.18 Å². The molecule has 3 aromatic heterocycles. The fraction of sp³-hybridized carbons (Fsp3) is 0.0455. The van der Waals surface area contributed by atoms with Crippen molar-refractivity contribution in [3.05, 3.63) is 81.1 Å². The molecule has 12 nitrogen and oxygen atoms in total. The van der Waals surface area contributed by atoms with Crippen molar-refractivity contribution in [3.8, 4) is 11.3 Å². The maximum atomic E-state index is 13.1. The van der Waals surface area contributed by atoms with Gasteiger partial charge in [-0.1, -0.05) is 17.7 Å². The molecule has 192 valence electrons. The lowest BCUT2D eigenvalue weighted by Crippen LogP contribution is -2.06. The zero-order chi connectivity index (χ0) is 26.9. The summed E-state index contributed by atoms with van der Waals surface area (Å²) >= 11 is 5.85. The van der Waals surface area contributed by atoms with Crippen LogP contribution in [0.15, 0.2) is 68.7 Å². The number of benzene rings is 2. The minimum absolute atomic E-state index is 0.00159. The zero-order valence-electron chi connectivity index (χ0n) is 18.6. The van der Waals surface area contributed by atoms with Gasteiger partial charge in [-0.25, -0.2) is 9.61 Å². The van der Waals surface area contributed by atoms with Crippen LogP contribution >= 0.6 is 11.6 Å². The number of alkyl halides is 3. The maximum Gasteiger partial charge on any atom is 0.416 e. The molecule has 0 aliphatic carbocycles. The number of nitro benzene ring substituents is 1. The molecule has 0 fully saturated rings. The second-order valence-electron chi connectivity index (χ2n) is 7.53. The Morgan fingerprint density at radius 2 is 1.79 bits per heavy atom. The quantitative estimate of drug-likeness (QED) is 0.140. The molecule has 0 saturated carbocycles. The van der Waals surface area contributed by atoms with Crippen LogP contribution < -0.4 is 10.7 Å². The highest BCUT2D eigenvalue weighted by atomic mass is 35.5. The van der Waals surface area contributed by atoms with Crippen LogP contribution in [0, 0.1) is 10.1 Å². The summed E-state index contributed by atoms with van der Waals surface area (Å²) in [6.45, 7) is 0. The molecular weight excluding hydrogens is 533 g/mol. The number of fused-ring (bicyclic) bond motifs is 1. The van der Waals surface area contributed by atoms with Gasteiger partial charge in [0.15, 0.2) is 11.6 Å². The molecule has 0 bridgehead atoms. The first kappa shape index (κ1) is 24.6. The van der Waals surface area contributed by atoms with E-state index in [4.69, 9.17) is 16.0 Å². The van der Waals surface area contributed by atoms with E-state index >= 15 is 0 Å². The summed E-state index contributed by atoms with van der Waals surface area (Å²) in [5.74, 6) is 0.600. The van der Waals surface area contributed by atoms with Crippen LogP contribution in [0.25, 0.3) is 22.6 Å². The van der Waals surface area contributed by atoms with E-state index in [1.807, 2.05) is 0 Å². The molecule has 0 radical (unpaired) electrons. The van der Waals surface area contributed by atoms with E-state index in [-0.39, 0.29) is 45.1 Å². The highest BCUT2D eigenvalue weighted by Gasteiger charge is 2.30. The predicted octanol–water partition coefficient (Wildman–Crippen LogP) is 6.04. The Balaban J connectivity index is 1.38. The number of aromatic nitrogens is 4. The predicted molar refractivity (Wildman–Crippen MR) is 129 cm³/mol. The van der Waals surface area contributed by atoms with Crippen LogP contribution in [0.5, 0.6) is 0 Å². The van der Waals surface area contributed by atoms with E-state index in [1.165, 1.54) is 30.5 Å². The first-order valence-electron chi connectivity index (χ1n) is 10.5. The molecule has 5 aromatic rings. The van der Waals surface area contributed by atoms with Gasteiger partial charge in [-0.2, -0.15) is 23.3 Å². The number of hydrogen-bond donors (Lipinski definition) is 2. The molecule has 0 amide bonds. The smallest absolute Gasteiger partial charge is 0.416 e. The molecular formula is C22H12ClF3N8O4. The summed E-state index contributed by atoms with van der Waals surface area (Å²) in [5, 5.41) is 25.1. The van der Waals surface area contributed by atoms with Crippen LogP contribution in [0.1, 0.15) is 11.3 Å². The number of anilines is 3. The summed E-state index contributed by atoms with van der Waals surface area (Å²) in [7, 11) is 0. The summed E-state index contributed by atoms with van der Waals surface area (Å²) < 4.78 is 49.6. The number of nitrogens with zero attached hydrogens (tertiary/aromatic N) is 6. The number of halogens is 4. The van der Waals surface area contributed by atoms with E-state index in [0.717, 1.165) is 12.1 Å².